The van der Waals surface area contributed by atoms with Gasteiger partial charge in [-0.2, -0.15) is 5.10 Å². The molecule has 2 atom stereocenters. The van der Waals surface area contributed by atoms with Gasteiger partial charge in [0.2, 0.25) is 5.95 Å². The Bertz CT molecular complexity index is 686. The summed E-state index contributed by atoms with van der Waals surface area (Å²) in [5.41, 5.74) is 3.19. The number of hydrogen-bond donors (Lipinski definition) is 2. The molecule has 1 aliphatic carbocycles. The lowest BCUT2D eigenvalue weighted by Crippen LogP contribution is -2.05. The van der Waals surface area contributed by atoms with E-state index in [4.69, 9.17) is 0 Å². The van der Waals surface area contributed by atoms with Crippen LogP contribution in [0.25, 0.3) is 0 Å². The lowest BCUT2D eigenvalue weighted by molar-refractivity contribution is -0.128. The van der Waals surface area contributed by atoms with Crippen LogP contribution in [0.2, 0.25) is 0 Å². The predicted octanol–water partition coefficient (Wildman–Crippen LogP) is 3.64. The van der Waals surface area contributed by atoms with Crippen LogP contribution in [0.1, 0.15) is 56.1 Å². The van der Waals surface area contributed by atoms with Crippen molar-refractivity contribution in [1.29, 1.82) is 0 Å². The van der Waals surface area contributed by atoms with Crippen molar-refractivity contribution in [2.45, 2.75) is 52.9 Å². The molecule has 2 heterocycles. The number of anilines is 2. The number of carbonyl (C=O) groups is 1. The third-order valence-electron chi connectivity index (χ3n) is 4.17. The molecule has 0 aliphatic heterocycles. The monoisotopic (exact) mass is 345 g/mol. The Morgan fingerprint density at radius 2 is 2.12 bits per heavy atom. The smallest absolute Gasteiger partial charge is 0.293 e. The van der Waals surface area contributed by atoms with E-state index in [9.17, 15) is 4.79 Å². The molecule has 0 aromatic carbocycles. The molecule has 1 fully saturated rings. The zero-order valence-corrected chi connectivity index (χ0v) is 15.4. The maximum Gasteiger partial charge on any atom is 0.293 e. The number of nitrogens with one attached hydrogen (secondary N) is 2. The van der Waals surface area contributed by atoms with Gasteiger partial charge in [-0.05, 0) is 45.6 Å². The molecule has 136 valence electrons. The number of hydrogen-bond acceptors (Lipinski definition) is 6. The van der Waals surface area contributed by atoms with Crippen molar-refractivity contribution in [3.05, 3.63) is 29.2 Å². The minimum absolute atomic E-state index is 0.431. The highest BCUT2D eigenvalue weighted by atomic mass is 16.5. The van der Waals surface area contributed by atoms with Gasteiger partial charge in [-0.3, -0.25) is 9.89 Å². The fourth-order valence-electron chi connectivity index (χ4n) is 3.00. The van der Waals surface area contributed by atoms with Crippen molar-refractivity contribution in [3.63, 3.8) is 0 Å². The second-order valence-electron chi connectivity index (χ2n) is 6.49. The van der Waals surface area contributed by atoms with Gasteiger partial charge in [-0.25, -0.2) is 9.97 Å². The first-order valence-corrected chi connectivity index (χ1v) is 8.71. The van der Waals surface area contributed by atoms with Gasteiger partial charge >= 0.3 is 0 Å². The average molecular weight is 345 g/mol. The first-order valence-electron chi connectivity index (χ1n) is 8.71. The summed E-state index contributed by atoms with van der Waals surface area (Å²) in [6, 6.07) is 4.06. The molecule has 0 bridgehead atoms. The quantitative estimate of drug-likeness (QED) is 0.804. The topological polar surface area (TPSA) is 92.8 Å². The van der Waals surface area contributed by atoms with Gasteiger partial charge in [0.15, 0.2) is 5.82 Å². The second-order valence-corrected chi connectivity index (χ2v) is 6.49. The van der Waals surface area contributed by atoms with E-state index < -0.39 is 0 Å². The molecule has 0 amide bonds. The summed E-state index contributed by atoms with van der Waals surface area (Å²) in [4.78, 5) is 18.3. The van der Waals surface area contributed by atoms with Crippen LogP contribution in [0.5, 0.6) is 0 Å². The predicted molar refractivity (Wildman–Crippen MR) is 96.8 cm³/mol. The third-order valence-corrected chi connectivity index (χ3v) is 4.17. The maximum absolute atomic E-state index is 9.18. The summed E-state index contributed by atoms with van der Waals surface area (Å²) in [6.07, 6.45) is 3.77. The first kappa shape index (κ1) is 18.9. The highest BCUT2D eigenvalue weighted by molar-refractivity contribution is 5.48. The molecular weight excluding hydrogens is 318 g/mol. The molecule has 3 rings (SSSR count). The average Bonchev–Trinajstić information content (AvgIpc) is 3.17. The van der Waals surface area contributed by atoms with Crippen LogP contribution < -0.4 is 5.32 Å². The molecule has 0 radical (unpaired) electrons. The SMILES string of the molecule is CCOC=O.Cc1cc(C2CCC(C)C2)nc(Nc2cc(C)[nH]n2)n1. The van der Waals surface area contributed by atoms with Crippen LogP contribution in [0, 0.1) is 19.8 Å². The van der Waals surface area contributed by atoms with Crippen molar-refractivity contribution in [2.24, 2.45) is 5.92 Å². The number of H-pyrrole nitrogens is 1. The van der Waals surface area contributed by atoms with E-state index in [1.54, 1.807) is 6.92 Å². The summed E-state index contributed by atoms with van der Waals surface area (Å²) in [5.74, 6) is 2.79. The van der Waals surface area contributed by atoms with Crippen molar-refractivity contribution in [1.82, 2.24) is 20.2 Å². The number of ether oxygens (including phenoxy) is 1. The van der Waals surface area contributed by atoms with E-state index in [1.807, 2.05) is 19.9 Å². The van der Waals surface area contributed by atoms with Crippen molar-refractivity contribution < 1.29 is 9.53 Å². The number of rotatable bonds is 5. The Labute approximate surface area is 148 Å². The van der Waals surface area contributed by atoms with Gasteiger partial charge in [0, 0.05) is 29.1 Å². The summed E-state index contributed by atoms with van der Waals surface area (Å²) in [7, 11) is 0. The number of carbonyl (C=O) groups excluding carboxylic acids is 1. The minimum atomic E-state index is 0.431. The van der Waals surface area contributed by atoms with Crippen LogP contribution in [0.15, 0.2) is 12.1 Å². The third kappa shape index (κ3) is 5.85. The second kappa shape index (κ2) is 9.15. The molecular formula is C18H27N5O2. The van der Waals surface area contributed by atoms with E-state index in [1.165, 1.54) is 19.3 Å². The van der Waals surface area contributed by atoms with Gasteiger partial charge < -0.3 is 10.1 Å². The highest BCUT2D eigenvalue weighted by Crippen LogP contribution is 2.37. The van der Waals surface area contributed by atoms with Crippen LogP contribution in [-0.2, 0) is 9.53 Å². The van der Waals surface area contributed by atoms with Gasteiger partial charge in [0.25, 0.3) is 6.47 Å². The molecule has 7 nitrogen and oxygen atoms in total. The maximum atomic E-state index is 9.18. The fourth-order valence-corrected chi connectivity index (χ4v) is 3.00. The number of aryl methyl sites for hydroxylation is 2. The van der Waals surface area contributed by atoms with E-state index in [0.29, 0.717) is 24.9 Å². The fraction of sp³-hybridized carbons (Fsp3) is 0.556. The first-order chi connectivity index (χ1) is 12.0. The van der Waals surface area contributed by atoms with E-state index in [0.717, 1.165) is 28.8 Å². The molecule has 1 aliphatic rings. The standard InChI is InChI=1S/C15H21N5.C3H6O2/c1-9-4-5-12(6-9)13-7-10(2)16-15(17-13)18-14-8-11(3)19-20-14;1-2-5-3-4/h7-9,12H,4-6H2,1-3H3,(H2,16,17,18,19,20);3H,2H2,1H3. The minimum Gasteiger partial charge on any atom is -0.468 e. The highest BCUT2D eigenvalue weighted by Gasteiger charge is 2.24. The van der Waals surface area contributed by atoms with E-state index in [-0.39, 0.29) is 0 Å². The van der Waals surface area contributed by atoms with E-state index in [2.05, 4.69) is 43.2 Å². The summed E-state index contributed by atoms with van der Waals surface area (Å²) >= 11 is 0. The number of aromatic nitrogens is 4. The summed E-state index contributed by atoms with van der Waals surface area (Å²) < 4.78 is 4.15. The molecule has 7 heteroatoms. The number of aromatic amines is 1. The lowest BCUT2D eigenvalue weighted by Gasteiger charge is -2.11. The van der Waals surface area contributed by atoms with Crippen LogP contribution in [0.3, 0.4) is 0 Å². The Morgan fingerprint density at radius 1 is 1.32 bits per heavy atom. The molecule has 2 unspecified atom stereocenters. The molecule has 2 aromatic rings. The number of nitrogens with zero attached hydrogens (tertiary/aromatic N) is 3. The van der Waals surface area contributed by atoms with Crippen LogP contribution in [0.4, 0.5) is 11.8 Å². The Balaban J connectivity index is 0.000000399. The molecule has 0 spiro atoms. The van der Waals surface area contributed by atoms with Crippen molar-refractivity contribution in [3.8, 4) is 0 Å². The van der Waals surface area contributed by atoms with Gasteiger partial charge in [-0.1, -0.05) is 13.3 Å². The van der Waals surface area contributed by atoms with Crippen molar-refractivity contribution >= 4 is 18.2 Å². The largest absolute Gasteiger partial charge is 0.468 e. The van der Waals surface area contributed by atoms with Gasteiger partial charge in [0.1, 0.15) is 0 Å². The zero-order chi connectivity index (χ0) is 18.2. The molecule has 0 saturated heterocycles. The Hall–Kier alpha value is -2.44. The van der Waals surface area contributed by atoms with Gasteiger partial charge in [-0.15, -0.1) is 0 Å². The molecule has 2 N–H and O–H groups in total. The van der Waals surface area contributed by atoms with Crippen LogP contribution >= 0.6 is 0 Å². The molecule has 2 aromatic heterocycles. The Morgan fingerprint density at radius 3 is 2.64 bits per heavy atom. The lowest BCUT2D eigenvalue weighted by atomic mass is 10.0. The molecule has 25 heavy (non-hydrogen) atoms. The summed E-state index contributed by atoms with van der Waals surface area (Å²) in [6.45, 7) is 8.97. The Kier molecular flexibility index (Phi) is 6.91. The normalized spacial score (nSPS) is 19.0. The van der Waals surface area contributed by atoms with Crippen LogP contribution in [-0.4, -0.2) is 33.2 Å². The molecule has 1 saturated carbocycles. The van der Waals surface area contributed by atoms with E-state index >= 15 is 0 Å². The zero-order valence-electron chi connectivity index (χ0n) is 15.4. The van der Waals surface area contributed by atoms with Gasteiger partial charge in [0.05, 0.1) is 6.61 Å². The van der Waals surface area contributed by atoms with Crippen molar-refractivity contribution in [2.75, 3.05) is 11.9 Å². The summed E-state index contributed by atoms with van der Waals surface area (Å²) in [5, 5.41) is 10.3.